The van der Waals surface area contributed by atoms with Crippen LogP contribution in [0.2, 0.25) is 0 Å². The van der Waals surface area contributed by atoms with Gasteiger partial charge in [-0.3, -0.25) is 19.3 Å². The Bertz CT molecular complexity index is 1200. The van der Waals surface area contributed by atoms with Crippen molar-refractivity contribution in [2.45, 2.75) is 30.3 Å². The van der Waals surface area contributed by atoms with Crippen LogP contribution in [-0.4, -0.2) is 108 Å². The van der Waals surface area contributed by atoms with E-state index in [1.54, 1.807) is 0 Å². The normalized spacial score (nSPS) is 34.9. The smallest absolute Gasteiger partial charge is 1.00 e. The number of hydrogen-bond acceptors (Lipinski definition) is 10. The number of fused-ring (bicyclic) bond motifs is 3. The van der Waals surface area contributed by atoms with E-state index in [-0.39, 0.29) is 37.0 Å². The van der Waals surface area contributed by atoms with Crippen LogP contribution in [0.3, 0.4) is 0 Å². The van der Waals surface area contributed by atoms with Crippen LogP contribution < -0.4 is 5.73 Å². The van der Waals surface area contributed by atoms with Gasteiger partial charge in [0.2, 0.25) is 5.78 Å². The van der Waals surface area contributed by atoms with Crippen molar-refractivity contribution in [3.63, 3.8) is 0 Å². The Morgan fingerprint density at radius 3 is 2.26 bits per heavy atom. The van der Waals surface area contributed by atoms with Crippen LogP contribution in [0.25, 0.3) is 5.76 Å². The van der Waals surface area contributed by atoms with Gasteiger partial charge in [-0.25, -0.2) is 0 Å². The van der Waals surface area contributed by atoms with E-state index in [9.17, 15) is 45.0 Å². The van der Waals surface area contributed by atoms with Gasteiger partial charge < -0.3 is 39.2 Å². The van der Waals surface area contributed by atoms with Gasteiger partial charge in [0.1, 0.15) is 22.8 Å². The van der Waals surface area contributed by atoms with Gasteiger partial charge in [-0.2, -0.15) is 0 Å². The molecule has 0 bridgehead atoms. The number of Topliss-reactive ketones (excluding diaryl/α,β-unsaturated/α-hetero) is 2. The Labute approximate surface area is 212 Å². The molecule has 1 saturated carbocycles. The zero-order valence-corrected chi connectivity index (χ0v) is 20.1. The number of ketones is 2. The molecule has 180 valence electrons. The molecule has 8 N–H and O–H groups in total. The van der Waals surface area contributed by atoms with E-state index in [1.165, 1.54) is 44.1 Å². The zero-order chi connectivity index (χ0) is 24.8. The third kappa shape index (κ3) is 3.00. The number of amides is 1. The first-order chi connectivity index (χ1) is 15.2. The molecule has 0 unspecified atom stereocenters. The number of nitrogens with zero attached hydrogens (tertiary/aromatic N) is 1. The third-order valence-electron chi connectivity index (χ3n) is 7.03. The van der Waals surface area contributed by atoms with Gasteiger partial charge in [-0.05, 0) is 32.6 Å². The predicted molar refractivity (Wildman–Crippen MR) is 119 cm³/mol. The van der Waals surface area contributed by atoms with Crippen LogP contribution in [0.5, 0.6) is 5.75 Å². The maximum atomic E-state index is 13.7. The summed E-state index contributed by atoms with van der Waals surface area (Å²) in [4.78, 5) is 39.9. The van der Waals surface area contributed by atoms with E-state index in [0.717, 1.165) is 0 Å². The van der Waals surface area contributed by atoms with Gasteiger partial charge in [-0.1, -0.05) is 12.1 Å². The number of carbonyl (C=O) groups is 3. The number of primary amides is 1. The third-order valence-corrected chi connectivity index (χ3v) is 7.03. The van der Waals surface area contributed by atoms with E-state index < -0.39 is 81.1 Å². The number of phenols is 1. The zero-order valence-electron chi connectivity index (χ0n) is 20.7. The van der Waals surface area contributed by atoms with Crippen LogP contribution in [0.1, 0.15) is 20.9 Å². The molecule has 0 aromatic heterocycles. The molecule has 0 radical (unpaired) electrons. The largest absolute Gasteiger partial charge is 2.00 e. The van der Waals surface area contributed by atoms with Gasteiger partial charge in [-0.15, -0.1) is 0 Å². The first-order valence-electron chi connectivity index (χ1n) is 10.1. The number of phenolic OH excluding ortho intramolecular Hbond substituents is 1. The maximum absolute atomic E-state index is 13.7. The fourth-order valence-corrected chi connectivity index (χ4v) is 5.60. The second-order valence-electron chi connectivity index (χ2n) is 9.06. The van der Waals surface area contributed by atoms with Gasteiger partial charge in [0.05, 0.1) is 40.7 Å². The summed E-state index contributed by atoms with van der Waals surface area (Å²) in [6, 6.07) is 2.50. The van der Waals surface area contributed by atoms with Crippen molar-refractivity contribution in [2.75, 3.05) is 14.1 Å². The minimum Gasteiger partial charge on any atom is -1.00 e. The molecule has 3 aliphatic rings. The Morgan fingerprint density at radius 2 is 1.74 bits per heavy atom. The van der Waals surface area contributed by atoms with Gasteiger partial charge in [0.15, 0.2) is 11.4 Å². The Kier molecular flexibility index (Phi) is 6.18. The molecule has 3 aliphatic carbocycles. The molecular weight excluding hydrogens is 461 g/mol. The summed E-state index contributed by atoms with van der Waals surface area (Å²) in [5.74, 6) is -9.67. The van der Waals surface area contributed by atoms with Crippen molar-refractivity contribution in [2.24, 2.45) is 17.6 Å². The number of aliphatic hydroxyl groups is 5. The second kappa shape index (κ2) is 8.04. The number of carbonyl (C=O) groups excluding carboxylic acids is 3. The summed E-state index contributed by atoms with van der Waals surface area (Å²) in [5, 5.41) is 66.3. The van der Waals surface area contributed by atoms with E-state index in [1.807, 2.05) is 0 Å². The van der Waals surface area contributed by atoms with Crippen molar-refractivity contribution in [3.8, 4) is 5.75 Å². The van der Waals surface area contributed by atoms with Gasteiger partial charge >= 0.3 is 23.1 Å². The van der Waals surface area contributed by atoms with E-state index >= 15 is 0 Å². The number of nitrogens with two attached hydrogens (primary N) is 1. The average molecular weight is 487 g/mol. The molecule has 12 heteroatoms. The average Bonchev–Trinajstić information content (AvgIpc) is 2.70. The first kappa shape index (κ1) is 26.1. The second-order valence-corrected chi connectivity index (χ2v) is 9.06. The number of aromatic hydroxyl groups is 1. The van der Waals surface area contributed by atoms with Crippen molar-refractivity contribution < 1.29 is 47.9 Å². The molecule has 0 heterocycles. The molecule has 0 saturated heterocycles. The van der Waals surface area contributed by atoms with Crippen LogP contribution >= 0.6 is 0 Å². The van der Waals surface area contributed by atoms with Gasteiger partial charge in [0.25, 0.3) is 5.91 Å². The summed E-state index contributed by atoms with van der Waals surface area (Å²) in [6.45, 7) is 1.25. The quantitative estimate of drug-likeness (QED) is 0.189. The summed E-state index contributed by atoms with van der Waals surface area (Å²) in [7, 11) is 2.80. The topological polar surface area (TPSA) is 202 Å². The number of rotatable bonds is 2. The monoisotopic (exact) mass is 486 g/mol. The van der Waals surface area contributed by atoms with Crippen molar-refractivity contribution in [1.82, 2.24) is 4.90 Å². The maximum Gasteiger partial charge on any atom is 2.00 e. The molecule has 1 aromatic rings. The predicted octanol–water partition coefficient (Wildman–Crippen LogP) is -1.56. The van der Waals surface area contributed by atoms with Crippen molar-refractivity contribution in [1.29, 1.82) is 0 Å². The van der Waals surface area contributed by atoms with E-state index in [2.05, 4.69) is 0 Å². The summed E-state index contributed by atoms with van der Waals surface area (Å²) in [6.07, 6.45) is -1.87. The van der Waals surface area contributed by atoms with Crippen LogP contribution in [0.4, 0.5) is 0 Å². The van der Waals surface area contributed by atoms with Crippen LogP contribution in [-0.2, 0) is 20.0 Å². The Balaban J connectivity index is 0.00000216. The molecule has 1 aromatic carbocycles. The first-order valence-corrected chi connectivity index (χ1v) is 10.1. The molecule has 0 spiro atoms. The molecule has 1 fully saturated rings. The summed E-state index contributed by atoms with van der Waals surface area (Å²) >= 11 is 0. The number of likely N-dealkylation sites (N-methyl/N-ethyl adjacent to an activating group) is 1. The minimum atomic E-state index is -3.02. The fourth-order valence-electron chi connectivity index (χ4n) is 5.60. The molecule has 1 amide bonds. The summed E-state index contributed by atoms with van der Waals surface area (Å²) in [5.41, 5.74) is -1.78. The Morgan fingerprint density at radius 1 is 1.15 bits per heavy atom. The van der Waals surface area contributed by atoms with E-state index in [0.29, 0.717) is 0 Å². The SMILES string of the molecule is CN(C)[C@@H]1C(=O)C(C(N)=O)=C(O)[C@@]2(O)C(=O)C3=C(O)c4c(O)cccc4[C@@](C)(O)[C@H]3[C@H](O)[C@@H]12.[H-].[H-].[Mg+2]. The number of benzene rings is 1. The number of aliphatic hydroxyl groups excluding tert-OH is 3. The Hall–Kier alpha value is -2.48. The summed E-state index contributed by atoms with van der Waals surface area (Å²) < 4.78 is 0. The van der Waals surface area contributed by atoms with Crippen molar-refractivity contribution in [3.05, 3.63) is 46.2 Å². The number of hydrogen-bond donors (Lipinski definition) is 7. The molecule has 11 nitrogen and oxygen atoms in total. The van der Waals surface area contributed by atoms with Crippen molar-refractivity contribution >= 4 is 46.3 Å². The van der Waals surface area contributed by atoms with Crippen LogP contribution in [0.15, 0.2) is 35.1 Å². The van der Waals surface area contributed by atoms with Crippen LogP contribution in [0, 0.1) is 11.8 Å². The minimum absolute atomic E-state index is 0. The molecule has 6 atom stereocenters. The van der Waals surface area contributed by atoms with Gasteiger partial charge in [0, 0.05) is 0 Å². The standard InChI is InChI=1S/C22H24N2O9.Mg.2H/c1-21(32)7-5-4-6-8(25)9(7)15(26)10-12(21)17(28)13-14(24(2)3)16(27)11(20(23)31)19(30)22(13,33)18(10)29;;;/h4-6,12-14,17,25-26,28,30,32-33H,1-3H3,(H2,23,31);;;/q;+2;2*-1/t12-,13-,14+,17+,21-,22+;;;/m1.../s1. The molecule has 34 heavy (non-hydrogen) atoms. The molecule has 4 rings (SSSR count). The molecular formula is C22H26MgN2O9. The molecule has 0 aliphatic heterocycles. The fraction of sp³-hybridized carbons (Fsp3) is 0.409. The van der Waals surface area contributed by atoms with E-state index in [4.69, 9.17) is 5.73 Å².